The van der Waals surface area contributed by atoms with Gasteiger partial charge in [0.15, 0.2) is 0 Å². The van der Waals surface area contributed by atoms with Crippen molar-refractivity contribution in [2.75, 3.05) is 6.61 Å². The standard InChI is InChI=1S/C8H10N2OS/c1-2-11-8-6(7(9)12)4-3-5-10-8/h3-5H,2H2,1H3,(H2,9,12). The summed E-state index contributed by atoms with van der Waals surface area (Å²) in [6.45, 7) is 2.45. The van der Waals surface area contributed by atoms with E-state index in [9.17, 15) is 0 Å². The van der Waals surface area contributed by atoms with Gasteiger partial charge in [-0.15, -0.1) is 0 Å². The first-order valence-electron chi connectivity index (χ1n) is 3.63. The molecule has 1 aromatic heterocycles. The van der Waals surface area contributed by atoms with Crippen molar-refractivity contribution >= 4 is 17.2 Å². The Bertz CT molecular complexity index is 288. The average Bonchev–Trinajstić information content (AvgIpc) is 2.05. The molecule has 64 valence electrons. The molecule has 0 radical (unpaired) electrons. The SMILES string of the molecule is CCOc1ncccc1C(N)=S. The molecule has 0 amide bonds. The highest BCUT2D eigenvalue weighted by atomic mass is 32.1. The van der Waals surface area contributed by atoms with Gasteiger partial charge in [0.2, 0.25) is 5.88 Å². The van der Waals surface area contributed by atoms with Gasteiger partial charge in [0, 0.05) is 6.20 Å². The molecule has 0 fully saturated rings. The second-order valence-corrected chi connectivity index (χ2v) is 2.59. The van der Waals surface area contributed by atoms with Gasteiger partial charge in [-0.25, -0.2) is 4.98 Å². The first kappa shape index (κ1) is 8.93. The van der Waals surface area contributed by atoms with Gasteiger partial charge in [0.05, 0.1) is 12.2 Å². The summed E-state index contributed by atoms with van der Waals surface area (Å²) >= 11 is 4.82. The van der Waals surface area contributed by atoms with Gasteiger partial charge in [-0.3, -0.25) is 0 Å². The van der Waals surface area contributed by atoms with Crippen molar-refractivity contribution in [1.29, 1.82) is 0 Å². The zero-order chi connectivity index (χ0) is 8.97. The van der Waals surface area contributed by atoms with Gasteiger partial charge in [0.25, 0.3) is 0 Å². The third kappa shape index (κ3) is 1.92. The number of nitrogens with two attached hydrogens (primary N) is 1. The number of aromatic nitrogens is 1. The van der Waals surface area contributed by atoms with E-state index in [4.69, 9.17) is 22.7 Å². The van der Waals surface area contributed by atoms with Crippen LogP contribution in [-0.2, 0) is 0 Å². The van der Waals surface area contributed by atoms with Gasteiger partial charge in [-0.2, -0.15) is 0 Å². The molecule has 1 rings (SSSR count). The van der Waals surface area contributed by atoms with Crippen LogP contribution in [0.2, 0.25) is 0 Å². The van der Waals surface area contributed by atoms with Crippen LogP contribution >= 0.6 is 12.2 Å². The predicted molar refractivity (Wildman–Crippen MR) is 51.3 cm³/mol. The second-order valence-electron chi connectivity index (χ2n) is 2.15. The van der Waals surface area contributed by atoms with E-state index in [1.54, 1.807) is 18.3 Å². The summed E-state index contributed by atoms with van der Waals surface area (Å²) in [6, 6.07) is 3.57. The fourth-order valence-electron chi connectivity index (χ4n) is 0.830. The van der Waals surface area contributed by atoms with Crippen molar-refractivity contribution in [3.63, 3.8) is 0 Å². The van der Waals surface area contributed by atoms with Crippen molar-refractivity contribution in [2.24, 2.45) is 5.73 Å². The van der Waals surface area contributed by atoms with E-state index in [1.807, 2.05) is 6.92 Å². The average molecular weight is 182 g/mol. The Morgan fingerprint density at radius 1 is 1.75 bits per heavy atom. The number of hydrogen-bond donors (Lipinski definition) is 1. The van der Waals surface area contributed by atoms with E-state index < -0.39 is 0 Å². The molecule has 0 bridgehead atoms. The largest absolute Gasteiger partial charge is 0.477 e. The summed E-state index contributed by atoms with van der Waals surface area (Å²) in [7, 11) is 0. The van der Waals surface area contributed by atoms with Gasteiger partial charge >= 0.3 is 0 Å². The number of ether oxygens (including phenoxy) is 1. The van der Waals surface area contributed by atoms with E-state index in [1.165, 1.54) is 0 Å². The maximum Gasteiger partial charge on any atom is 0.223 e. The van der Waals surface area contributed by atoms with Crippen molar-refractivity contribution in [1.82, 2.24) is 4.98 Å². The van der Waals surface area contributed by atoms with Crippen LogP contribution in [0.3, 0.4) is 0 Å². The molecular formula is C8H10N2OS. The molecule has 3 nitrogen and oxygen atoms in total. The van der Waals surface area contributed by atoms with E-state index >= 15 is 0 Å². The lowest BCUT2D eigenvalue weighted by Gasteiger charge is -2.05. The number of pyridine rings is 1. The van der Waals surface area contributed by atoms with Crippen LogP contribution in [0, 0.1) is 0 Å². The van der Waals surface area contributed by atoms with Gasteiger partial charge in [-0.05, 0) is 19.1 Å². The fraction of sp³-hybridized carbons (Fsp3) is 0.250. The minimum Gasteiger partial charge on any atom is -0.477 e. The van der Waals surface area contributed by atoms with E-state index in [0.717, 1.165) is 0 Å². The zero-order valence-electron chi connectivity index (χ0n) is 6.78. The van der Waals surface area contributed by atoms with Crippen LogP contribution in [0.5, 0.6) is 5.88 Å². The van der Waals surface area contributed by atoms with Crippen LogP contribution in [0.15, 0.2) is 18.3 Å². The van der Waals surface area contributed by atoms with Crippen molar-refractivity contribution in [2.45, 2.75) is 6.92 Å². The monoisotopic (exact) mass is 182 g/mol. The summed E-state index contributed by atoms with van der Waals surface area (Å²) < 4.78 is 5.22. The summed E-state index contributed by atoms with van der Waals surface area (Å²) in [4.78, 5) is 4.31. The normalized spacial score (nSPS) is 9.42. The Morgan fingerprint density at radius 3 is 3.08 bits per heavy atom. The van der Waals surface area contributed by atoms with Crippen molar-refractivity contribution in [3.8, 4) is 5.88 Å². The Morgan fingerprint density at radius 2 is 2.50 bits per heavy atom. The van der Waals surface area contributed by atoms with Gasteiger partial charge < -0.3 is 10.5 Å². The molecule has 0 saturated carbocycles. The van der Waals surface area contributed by atoms with E-state index in [-0.39, 0.29) is 0 Å². The van der Waals surface area contributed by atoms with Gasteiger partial charge in [-0.1, -0.05) is 12.2 Å². The van der Waals surface area contributed by atoms with Crippen LogP contribution in [0.25, 0.3) is 0 Å². The van der Waals surface area contributed by atoms with Crippen LogP contribution < -0.4 is 10.5 Å². The summed E-state index contributed by atoms with van der Waals surface area (Å²) in [5.41, 5.74) is 6.15. The first-order valence-corrected chi connectivity index (χ1v) is 4.04. The lowest BCUT2D eigenvalue weighted by Crippen LogP contribution is -2.12. The maximum atomic E-state index is 5.46. The third-order valence-corrected chi connectivity index (χ3v) is 1.54. The second kappa shape index (κ2) is 4.01. The van der Waals surface area contributed by atoms with Crippen molar-refractivity contribution in [3.05, 3.63) is 23.9 Å². The van der Waals surface area contributed by atoms with Crippen LogP contribution in [-0.4, -0.2) is 16.6 Å². The Kier molecular flexibility index (Phi) is 2.99. The van der Waals surface area contributed by atoms with Crippen LogP contribution in [0.1, 0.15) is 12.5 Å². The van der Waals surface area contributed by atoms with E-state index in [2.05, 4.69) is 4.98 Å². The molecule has 0 saturated heterocycles. The molecule has 0 aliphatic carbocycles. The molecule has 0 spiro atoms. The quantitative estimate of drug-likeness (QED) is 0.711. The molecule has 1 heterocycles. The lowest BCUT2D eigenvalue weighted by molar-refractivity contribution is 0.326. The smallest absolute Gasteiger partial charge is 0.223 e. The Hall–Kier alpha value is -1.16. The first-order chi connectivity index (χ1) is 5.75. The number of rotatable bonds is 3. The molecule has 0 aliphatic rings. The minimum absolute atomic E-state index is 0.312. The molecular weight excluding hydrogens is 172 g/mol. The highest BCUT2D eigenvalue weighted by Crippen LogP contribution is 2.13. The number of hydrogen-bond acceptors (Lipinski definition) is 3. The molecule has 0 unspecified atom stereocenters. The molecule has 2 N–H and O–H groups in total. The topological polar surface area (TPSA) is 48.1 Å². The molecule has 0 aliphatic heterocycles. The highest BCUT2D eigenvalue weighted by molar-refractivity contribution is 7.80. The third-order valence-electron chi connectivity index (χ3n) is 1.32. The Labute approximate surface area is 76.6 Å². The maximum absolute atomic E-state index is 5.46. The molecule has 4 heteroatoms. The fourth-order valence-corrected chi connectivity index (χ4v) is 0.985. The van der Waals surface area contributed by atoms with Crippen molar-refractivity contribution < 1.29 is 4.74 Å². The molecule has 12 heavy (non-hydrogen) atoms. The predicted octanol–water partition coefficient (Wildman–Crippen LogP) is 1.11. The molecule has 0 atom stereocenters. The minimum atomic E-state index is 0.312. The number of thiocarbonyl (C=S) groups is 1. The summed E-state index contributed by atoms with van der Waals surface area (Å²) in [5.74, 6) is 0.507. The van der Waals surface area contributed by atoms with E-state index in [0.29, 0.717) is 23.0 Å². The highest BCUT2D eigenvalue weighted by Gasteiger charge is 2.04. The lowest BCUT2D eigenvalue weighted by atomic mass is 10.3. The van der Waals surface area contributed by atoms with Crippen LogP contribution in [0.4, 0.5) is 0 Å². The number of nitrogens with zero attached hydrogens (tertiary/aromatic N) is 1. The molecule has 1 aromatic rings. The Balaban J connectivity index is 3.00. The summed E-state index contributed by atoms with van der Waals surface area (Å²) in [5, 5.41) is 0. The molecule has 0 aromatic carbocycles. The summed E-state index contributed by atoms with van der Waals surface area (Å²) in [6.07, 6.45) is 1.65. The van der Waals surface area contributed by atoms with Gasteiger partial charge in [0.1, 0.15) is 4.99 Å². The zero-order valence-corrected chi connectivity index (χ0v) is 7.60.